The van der Waals surface area contributed by atoms with Gasteiger partial charge in [0.25, 0.3) is 0 Å². The molecular formula is C18H20O. The van der Waals surface area contributed by atoms with Crippen LogP contribution in [0.5, 0.6) is 0 Å². The summed E-state index contributed by atoms with van der Waals surface area (Å²) in [6, 6.07) is 17.9. The van der Waals surface area contributed by atoms with Crippen molar-refractivity contribution in [3.05, 3.63) is 83.4 Å². The highest BCUT2D eigenvalue weighted by atomic mass is 16.3. The van der Waals surface area contributed by atoms with Crippen molar-refractivity contribution < 1.29 is 5.11 Å². The van der Waals surface area contributed by atoms with Gasteiger partial charge >= 0.3 is 0 Å². The van der Waals surface area contributed by atoms with Crippen LogP contribution < -0.4 is 0 Å². The summed E-state index contributed by atoms with van der Waals surface area (Å²) < 4.78 is 0. The maximum absolute atomic E-state index is 11.1. The summed E-state index contributed by atoms with van der Waals surface area (Å²) >= 11 is 0. The third-order valence-electron chi connectivity index (χ3n) is 3.43. The highest BCUT2D eigenvalue weighted by Crippen LogP contribution is 2.33. The second kappa shape index (κ2) is 5.85. The van der Waals surface area contributed by atoms with Crippen molar-refractivity contribution in [1.82, 2.24) is 0 Å². The van der Waals surface area contributed by atoms with Crippen LogP contribution >= 0.6 is 0 Å². The topological polar surface area (TPSA) is 20.2 Å². The average molecular weight is 252 g/mol. The van der Waals surface area contributed by atoms with E-state index in [1.165, 1.54) is 5.56 Å². The molecule has 1 nitrogen and oxygen atoms in total. The van der Waals surface area contributed by atoms with Gasteiger partial charge in [-0.25, -0.2) is 0 Å². The Morgan fingerprint density at radius 3 is 2.11 bits per heavy atom. The van der Waals surface area contributed by atoms with E-state index in [4.69, 9.17) is 0 Å². The molecule has 0 aliphatic heterocycles. The second-order valence-electron chi connectivity index (χ2n) is 4.87. The molecule has 0 aliphatic rings. The smallest absolute Gasteiger partial charge is 0.118 e. The molecule has 0 bridgehead atoms. The number of hydrogen-bond acceptors (Lipinski definition) is 1. The highest BCUT2D eigenvalue weighted by Gasteiger charge is 2.29. The Morgan fingerprint density at radius 2 is 1.53 bits per heavy atom. The fourth-order valence-electron chi connectivity index (χ4n) is 2.23. The van der Waals surface area contributed by atoms with Crippen molar-refractivity contribution in [2.24, 2.45) is 0 Å². The number of aryl methyl sites for hydroxylation is 1. The Kier molecular flexibility index (Phi) is 4.18. The molecule has 0 aromatic heterocycles. The molecule has 2 rings (SSSR count). The molecule has 0 spiro atoms. The van der Waals surface area contributed by atoms with Crippen LogP contribution in [0, 0.1) is 6.92 Å². The maximum atomic E-state index is 11.1. The van der Waals surface area contributed by atoms with Gasteiger partial charge in [-0.15, -0.1) is 0 Å². The fourth-order valence-corrected chi connectivity index (χ4v) is 2.23. The summed E-state index contributed by atoms with van der Waals surface area (Å²) in [5, 5.41) is 11.1. The van der Waals surface area contributed by atoms with Crippen LogP contribution in [0.15, 0.2) is 66.7 Å². The normalized spacial score (nSPS) is 14.5. The standard InChI is InChI=1S/C18H20O/c1-3-4-14-18(19,16-8-6-5-7-9-16)17-12-10-15(2)11-13-17/h3-13,19H,14H2,1-2H3/b4-3+. The minimum absolute atomic E-state index is 0.580. The summed E-state index contributed by atoms with van der Waals surface area (Å²) in [5.74, 6) is 0. The number of rotatable bonds is 4. The van der Waals surface area contributed by atoms with Gasteiger partial charge < -0.3 is 5.11 Å². The fraction of sp³-hybridized carbons (Fsp3) is 0.222. The van der Waals surface area contributed by atoms with Crippen LogP contribution in [-0.4, -0.2) is 5.11 Å². The molecule has 1 unspecified atom stereocenters. The molecule has 0 aliphatic carbocycles. The molecule has 1 N–H and O–H groups in total. The minimum Gasteiger partial charge on any atom is -0.380 e. The van der Waals surface area contributed by atoms with Crippen LogP contribution in [0.2, 0.25) is 0 Å². The average Bonchev–Trinajstić information content (AvgIpc) is 2.46. The first-order valence-electron chi connectivity index (χ1n) is 6.63. The first-order chi connectivity index (χ1) is 9.16. The maximum Gasteiger partial charge on any atom is 0.118 e. The number of aliphatic hydroxyl groups is 1. The van der Waals surface area contributed by atoms with Gasteiger partial charge in [0.15, 0.2) is 0 Å². The van der Waals surface area contributed by atoms with Gasteiger partial charge in [0.1, 0.15) is 5.60 Å². The van der Waals surface area contributed by atoms with Crippen LogP contribution in [0.3, 0.4) is 0 Å². The molecule has 0 amide bonds. The highest BCUT2D eigenvalue weighted by molar-refractivity contribution is 5.37. The number of benzene rings is 2. The summed E-state index contributed by atoms with van der Waals surface area (Å²) in [4.78, 5) is 0. The molecule has 0 heterocycles. The van der Waals surface area contributed by atoms with Gasteiger partial charge in [-0.05, 0) is 25.0 Å². The van der Waals surface area contributed by atoms with E-state index in [1.54, 1.807) is 0 Å². The van der Waals surface area contributed by atoms with Gasteiger partial charge in [0.2, 0.25) is 0 Å². The van der Waals surface area contributed by atoms with E-state index in [-0.39, 0.29) is 0 Å². The van der Waals surface area contributed by atoms with Gasteiger partial charge in [-0.2, -0.15) is 0 Å². The lowest BCUT2D eigenvalue weighted by atomic mass is 9.83. The predicted molar refractivity (Wildman–Crippen MR) is 80.1 cm³/mol. The van der Waals surface area contributed by atoms with E-state index in [0.29, 0.717) is 6.42 Å². The molecule has 2 aromatic carbocycles. The van der Waals surface area contributed by atoms with Crippen molar-refractivity contribution in [2.75, 3.05) is 0 Å². The van der Waals surface area contributed by atoms with Gasteiger partial charge in [-0.1, -0.05) is 72.3 Å². The van der Waals surface area contributed by atoms with Crippen LogP contribution in [-0.2, 0) is 5.60 Å². The Balaban J connectivity index is 2.48. The molecule has 0 saturated carbocycles. The van der Waals surface area contributed by atoms with E-state index in [2.05, 4.69) is 6.92 Å². The monoisotopic (exact) mass is 252 g/mol. The summed E-state index contributed by atoms with van der Waals surface area (Å²) in [5.41, 5.74) is 2.10. The van der Waals surface area contributed by atoms with Crippen molar-refractivity contribution in [2.45, 2.75) is 25.9 Å². The van der Waals surface area contributed by atoms with Crippen LogP contribution in [0.25, 0.3) is 0 Å². The molecule has 0 saturated heterocycles. The van der Waals surface area contributed by atoms with Crippen molar-refractivity contribution in [3.8, 4) is 0 Å². The molecule has 19 heavy (non-hydrogen) atoms. The van der Waals surface area contributed by atoms with Crippen molar-refractivity contribution in [1.29, 1.82) is 0 Å². The van der Waals surface area contributed by atoms with E-state index in [9.17, 15) is 5.11 Å². The molecule has 0 radical (unpaired) electrons. The molecule has 1 heteroatoms. The van der Waals surface area contributed by atoms with E-state index in [0.717, 1.165) is 11.1 Å². The van der Waals surface area contributed by atoms with Gasteiger partial charge in [0.05, 0.1) is 0 Å². The van der Waals surface area contributed by atoms with E-state index >= 15 is 0 Å². The predicted octanol–water partition coefficient (Wildman–Crippen LogP) is 4.20. The number of allylic oxidation sites excluding steroid dienone is 1. The Bertz CT molecular complexity index is 540. The lowest BCUT2D eigenvalue weighted by molar-refractivity contribution is 0.0841. The molecule has 2 aromatic rings. The molecular weight excluding hydrogens is 232 g/mol. The van der Waals surface area contributed by atoms with Gasteiger partial charge in [-0.3, -0.25) is 0 Å². The summed E-state index contributed by atoms with van der Waals surface area (Å²) in [6.07, 6.45) is 4.56. The summed E-state index contributed by atoms with van der Waals surface area (Å²) in [6.45, 7) is 4.03. The quantitative estimate of drug-likeness (QED) is 0.809. The van der Waals surface area contributed by atoms with Crippen molar-refractivity contribution in [3.63, 3.8) is 0 Å². The molecule has 0 fully saturated rings. The lowest BCUT2D eigenvalue weighted by Crippen LogP contribution is -2.26. The largest absolute Gasteiger partial charge is 0.380 e. The van der Waals surface area contributed by atoms with E-state index < -0.39 is 5.60 Å². The number of hydrogen-bond donors (Lipinski definition) is 1. The molecule has 1 atom stereocenters. The van der Waals surface area contributed by atoms with Crippen molar-refractivity contribution >= 4 is 0 Å². The minimum atomic E-state index is -0.957. The lowest BCUT2D eigenvalue weighted by Gasteiger charge is -2.28. The first kappa shape index (κ1) is 13.6. The Labute approximate surface area is 115 Å². The molecule has 98 valence electrons. The zero-order valence-corrected chi connectivity index (χ0v) is 11.5. The van der Waals surface area contributed by atoms with E-state index in [1.807, 2.05) is 73.7 Å². The zero-order chi connectivity index (χ0) is 13.7. The first-order valence-corrected chi connectivity index (χ1v) is 6.63. The van der Waals surface area contributed by atoms with Crippen LogP contribution in [0.1, 0.15) is 30.0 Å². The van der Waals surface area contributed by atoms with Crippen LogP contribution in [0.4, 0.5) is 0 Å². The van der Waals surface area contributed by atoms with Gasteiger partial charge in [0, 0.05) is 6.42 Å². The second-order valence-corrected chi connectivity index (χ2v) is 4.87. The third-order valence-corrected chi connectivity index (χ3v) is 3.43. The Hall–Kier alpha value is -1.86. The Morgan fingerprint density at radius 1 is 0.947 bits per heavy atom. The SMILES string of the molecule is C/C=C/CC(O)(c1ccccc1)c1ccc(C)cc1. The third kappa shape index (κ3) is 2.94. The zero-order valence-electron chi connectivity index (χ0n) is 11.5. The summed E-state index contributed by atoms with van der Waals surface area (Å²) in [7, 11) is 0.